The highest BCUT2D eigenvalue weighted by atomic mass is 32.2. The summed E-state index contributed by atoms with van der Waals surface area (Å²) in [5, 5.41) is 10.7. The summed E-state index contributed by atoms with van der Waals surface area (Å²) in [7, 11) is 0.699. The molecule has 2 rings (SSSR count). The minimum Gasteiger partial charge on any atom is -0.389 e. The molecule has 0 aliphatic carbocycles. The van der Waals surface area contributed by atoms with Gasteiger partial charge >= 0.3 is 0 Å². The van der Waals surface area contributed by atoms with Gasteiger partial charge in [0.25, 0.3) is 0 Å². The monoisotopic (exact) mass is 340 g/mol. The van der Waals surface area contributed by atoms with Crippen LogP contribution >= 0.6 is 0 Å². The lowest BCUT2D eigenvalue weighted by Gasteiger charge is -2.30. The lowest BCUT2D eigenvalue weighted by molar-refractivity contribution is 0.00288. The Bertz CT molecular complexity index is 589. The first-order valence-corrected chi connectivity index (χ1v) is 9.83. The van der Waals surface area contributed by atoms with E-state index in [1.807, 2.05) is 25.1 Å². The third kappa shape index (κ3) is 5.57. The molecule has 0 saturated carbocycles. The van der Waals surface area contributed by atoms with Crippen molar-refractivity contribution < 1.29 is 13.5 Å². The van der Waals surface area contributed by atoms with Crippen molar-refractivity contribution >= 4 is 9.84 Å². The molecule has 0 aromatic heterocycles. The van der Waals surface area contributed by atoms with Crippen LogP contribution in [0.4, 0.5) is 0 Å². The van der Waals surface area contributed by atoms with Crippen LogP contribution in [0.1, 0.15) is 19.3 Å². The van der Waals surface area contributed by atoms with Crippen molar-refractivity contribution in [3.05, 3.63) is 30.3 Å². The number of benzene rings is 1. The van der Waals surface area contributed by atoms with Gasteiger partial charge in [0.05, 0.1) is 16.2 Å². The Balaban J connectivity index is 1.90. The molecule has 1 atom stereocenters. The van der Waals surface area contributed by atoms with Crippen molar-refractivity contribution in [2.45, 2.75) is 29.8 Å². The number of sulfone groups is 1. The first kappa shape index (κ1) is 18.4. The van der Waals surface area contributed by atoms with E-state index in [0.717, 1.165) is 25.9 Å². The zero-order chi connectivity index (χ0) is 16.9. The number of nitrogens with zero attached hydrogens (tertiary/aromatic N) is 2. The van der Waals surface area contributed by atoms with Crippen LogP contribution in [-0.4, -0.2) is 75.0 Å². The van der Waals surface area contributed by atoms with Gasteiger partial charge in [0.2, 0.25) is 0 Å². The Labute approximate surface area is 139 Å². The third-order valence-electron chi connectivity index (χ3n) is 4.40. The van der Waals surface area contributed by atoms with Crippen molar-refractivity contribution in [3.63, 3.8) is 0 Å². The highest BCUT2D eigenvalue weighted by Gasteiger charge is 2.30. The second-order valence-corrected chi connectivity index (χ2v) is 8.90. The van der Waals surface area contributed by atoms with Gasteiger partial charge < -0.3 is 14.9 Å². The van der Waals surface area contributed by atoms with Crippen LogP contribution in [0, 0.1) is 0 Å². The highest BCUT2D eigenvalue weighted by molar-refractivity contribution is 7.91. The molecule has 1 aromatic carbocycles. The SMILES string of the molecule is CN(C)CC1(O)CCCN(CCS(=O)(=O)c2ccccc2)CC1. The molecule has 0 bridgehead atoms. The van der Waals surface area contributed by atoms with Crippen molar-refractivity contribution in [1.29, 1.82) is 0 Å². The molecule has 6 heteroatoms. The van der Waals surface area contributed by atoms with Gasteiger partial charge in [0.1, 0.15) is 0 Å². The van der Waals surface area contributed by atoms with Gasteiger partial charge in [-0.1, -0.05) is 18.2 Å². The summed E-state index contributed by atoms with van der Waals surface area (Å²) in [6.45, 7) is 2.77. The van der Waals surface area contributed by atoms with E-state index in [1.165, 1.54) is 0 Å². The quantitative estimate of drug-likeness (QED) is 0.844. The van der Waals surface area contributed by atoms with Gasteiger partial charge in [-0.2, -0.15) is 0 Å². The summed E-state index contributed by atoms with van der Waals surface area (Å²) in [6, 6.07) is 8.61. The summed E-state index contributed by atoms with van der Waals surface area (Å²) < 4.78 is 24.7. The van der Waals surface area contributed by atoms with Crippen LogP contribution in [0.2, 0.25) is 0 Å². The molecular formula is C17H28N2O3S. The van der Waals surface area contributed by atoms with E-state index < -0.39 is 15.4 Å². The van der Waals surface area contributed by atoms with E-state index in [2.05, 4.69) is 4.90 Å². The minimum atomic E-state index is -3.23. The summed E-state index contributed by atoms with van der Waals surface area (Å²) in [5.74, 6) is 0.128. The molecule has 130 valence electrons. The summed E-state index contributed by atoms with van der Waals surface area (Å²) in [4.78, 5) is 4.56. The second-order valence-electron chi connectivity index (χ2n) is 6.79. The average Bonchev–Trinajstić information content (AvgIpc) is 2.67. The summed E-state index contributed by atoms with van der Waals surface area (Å²) in [5.41, 5.74) is -0.656. The van der Waals surface area contributed by atoms with Gasteiger partial charge in [-0.05, 0) is 52.0 Å². The Hall–Kier alpha value is -0.950. The lowest BCUT2D eigenvalue weighted by Crippen LogP contribution is -2.41. The summed E-state index contributed by atoms with van der Waals surface area (Å²) >= 11 is 0. The molecule has 1 fully saturated rings. The maximum absolute atomic E-state index is 12.4. The fourth-order valence-corrected chi connectivity index (χ4v) is 4.51. The van der Waals surface area contributed by atoms with Crippen molar-refractivity contribution in [3.8, 4) is 0 Å². The zero-order valence-electron chi connectivity index (χ0n) is 14.1. The number of aliphatic hydroxyl groups is 1. The van der Waals surface area contributed by atoms with Gasteiger partial charge in [-0.3, -0.25) is 0 Å². The highest BCUT2D eigenvalue weighted by Crippen LogP contribution is 2.23. The molecular weight excluding hydrogens is 312 g/mol. The van der Waals surface area contributed by atoms with E-state index in [4.69, 9.17) is 0 Å². The minimum absolute atomic E-state index is 0.128. The van der Waals surface area contributed by atoms with E-state index in [0.29, 0.717) is 24.4 Å². The van der Waals surface area contributed by atoms with E-state index >= 15 is 0 Å². The molecule has 1 aromatic rings. The van der Waals surface area contributed by atoms with Crippen LogP contribution < -0.4 is 0 Å². The molecule has 23 heavy (non-hydrogen) atoms. The van der Waals surface area contributed by atoms with Crippen LogP contribution in [0.5, 0.6) is 0 Å². The number of likely N-dealkylation sites (tertiary alicyclic amines) is 1. The van der Waals surface area contributed by atoms with Crippen molar-refractivity contribution in [1.82, 2.24) is 9.80 Å². The maximum atomic E-state index is 12.4. The smallest absolute Gasteiger partial charge is 0.179 e. The van der Waals surface area contributed by atoms with Crippen LogP contribution in [0.15, 0.2) is 35.2 Å². The number of rotatable bonds is 6. The number of hydrogen-bond acceptors (Lipinski definition) is 5. The van der Waals surface area contributed by atoms with E-state index in [1.54, 1.807) is 24.3 Å². The first-order valence-electron chi connectivity index (χ1n) is 8.18. The first-order chi connectivity index (χ1) is 10.8. The maximum Gasteiger partial charge on any atom is 0.179 e. The molecule has 1 N–H and O–H groups in total. The largest absolute Gasteiger partial charge is 0.389 e. The Kier molecular flexibility index (Phi) is 6.19. The predicted molar refractivity (Wildman–Crippen MR) is 92.3 cm³/mol. The number of likely N-dealkylation sites (N-methyl/N-ethyl adjacent to an activating group) is 1. The Morgan fingerprint density at radius 1 is 1.17 bits per heavy atom. The Morgan fingerprint density at radius 2 is 1.87 bits per heavy atom. The molecule has 1 aliphatic rings. The molecule has 1 saturated heterocycles. The van der Waals surface area contributed by atoms with Gasteiger partial charge in [0, 0.05) is 19.6 Å². The van der Waals surface area contributed by atoms with Crippen LogP contribution in [0.25, 0.3) is 0 Å². The van der Waals surface area contributed by atoms with Crippen LogP contribution in [-0.2, 0) is 9.84 Å². The topological polar surface area (TPSA) is 60.9 Å². The fraction of sp³-hybridized carbons (Fsp3) is 0.647. The van der Waals surface area contributed by atoms with E-state index in [9.17, 15) is 13.5 Å². The molecule has 0 spiro atoms. The molecule has 0 radical (unpaired) electrons. The second kappa shape index (κ2) is 7.75. The summed E-state index contributed by atoms with van der Waals surface area (Å²) in [6.07, 6.45) is 2.36. The average molecular weight is 340 g/mol. The van der Waals surface area contributed by atoms with Crippen molar-refractivity contribution in [2.75, 3.05) is 46.0 Å². The molecule has 1 heterocycles. The predicted octanol–water partition coefficient (Wildman–Crippen LogP) is 1.24. The standard InChI is InChI=1S/C17H28N2O3S/c1-18(2)15-17(20)9-6-11-19(12-10-17)13-14-23(21,22)16-7-4-3-5-8-16/h3-5,7-8,20H,6,9-15H2,1-2H3. The van der Waals surface area contributed by atoms with Crippen molar-refractivity contribution in [2.24, 2.45) is 0 Å². The Morgan fingerprint density at radius 3 is 2.52 bits per heavy atom. The van der Waals surface area contributed by atoms with Crippen LogP contribution in [0.3, 0.4) is 0 Å². The van der Waals surface area contributed by atoms with E-state index in [-0.39, 0.29) is 5.75 Å². The molecule has 1 unspecified atom stereocenters. The molecule has 0 amide bonds. The third-order valence-corrected chi connectivity index (χ3v) is 6.11. The number of hydrogen-bond donors (Lipinski definition) is 1. The van der Waals surface area contributed by atoms with Gasteiger partial charge in [-0.25, -0.2) is 8.42 Å². The van der Waals surface area contributed by atoms with Gasteiger partial charge in [-0.15, -0.1) is 0 Å². The zero-order valence-corrected chi connectivity index (χ0v) is 14.9. The lowest BCUT2D eigenvalue weighted by atomic mass is 9.94. The molecule has 1 aliphatic heterocycles. The molecule has 5 nitrogen and oxygen atoms in total. The van der Waals surface area contributed by atoms with Gasteiger partial charge in [0.15, 0.2) is 9.84 Å². The fourth-order valence-electron chi connectivity index (χ4n) is 3.20. The normalized spacial score (nSPS) is 23.8.